The van der Waals surface area contributed by atoms with Crippen molar-refractivity contribution in [1.29, 1.82) is 0 Å². The zero-order valence-electron chi connectivity index (χ0n) is 17.2. The Balaban J connectivity index is 1.94. The maximum absolute atomic E-state index is 12.8. The molecule has 12 heteroatoms. The van der Waals surface area contributed by atoms with E-state index in [1.807, 2.05) is 0 Å². The lowest BCUT2D eigenvalue weighted by Crippen LogP contribution is -2.38. The Kier molecular flexibility index (Phi) is 6.95. The maximum Gasteiger partial charge on any atom is 0.332 e. The highest BCUT2D eigenvalue weighted by atomic mass is 35.5. The molecule has 168 valence electrons. The van der Waals surface area contributed by atoms with Gasteiger partial charge >= 0.3 is 5.69 Å². The Morgan fingerprint density at radius 2 is 1.90 bits per heavy atom. The van der Waals surface area contributed by atoms with Crippen LogP contribution < -0.4 is 21.3 Å². The van der Waals surface area contributed by atoms with Crippen molar-refractivity contribution in [2.75, 3.05) is 18.5 Å². The van der Waals surface area contributed by atoms with Crippen LogP contribution in [0.4, 0.5) is 5.95 Å². The summed E-state index contributed by atoms with van der Waals surface area (Å²) in [5.41, 5.74) is -0.772. The molecule has 0 bridgehead atoms. The normalized spacial score (nSPS) is 13.4. The molecule has 1 aromatic carbocycles. The number of aliphatic hydroxyl groups is 2. The molecule has 3 rings (SSSR count). The van der Waals surface area contributed by atoms with E-state index in [1.54, 1.807) is 19.1 Å². The Hall–Kier alpha value is -2.53. The van der Waals surface area contributed by atoms with Gasteiger partial charge in [-0.1, -0.05) is 23.2 Å². The van der Waals surface area contributed by atoms with Crippen LogP contribution in [-0.2, 0) is 20.6 Å². The Morgan fingerprint density at radius 1 is 1.19 bits per heavy atom. The van der Waals surface area contributed by atoms with Gasteiger partial charge < -0.3 is 24.8 Å². The minimum atomic E-state index is -1.04. The number of aliphatic hydroxyl groups excluding tert-OH is 2. The van der Waals surface area contributed by atoms with Crippen LogP contribution in [-0.4, -0.2) is 54.3 Å². The first kappa shape index (κ1) is 23.1. The number of aromatic nitrogens is 4. The standard InChI is InChI=1S/C19H23Cl2N5O5/c1-10(27)7-22-18-23-16-15(17(29)25(3)19(30)24(16)2)26(18)8-12(28)9-31-14-5-4-11(20)6-13(14)21/h4-6,10,12,27-28H,7-9H2,1-3H3,(H,22,23). The summed E-state index contributed by atoms with van der Waals surface area (Å²) in [5.74, 6) is 0.587. The molecule has 0 saturated heterocycles. The molecule has 0 aliphatic rings. The van der Waals surface area contributed by atoms with Crippen molar-refractivity contribution in [3.05, 3.63) is 49.1 Å². The van der Waals surface area contributed by atoms with Gasteiger partial charge in [0.05, 0.1) is 17.7 Å². The second kappa shape index (κ2) is 9.31. The van der Waals surface area contributed by atoms with Crippen molar-refractivity contribution >= 4 is 40.3 Å². The lowest BCUT2D eigenvalue weighted by Gasteiger charge is -2.17. The van der Waals surface area contributed by atoms with Crippen molar-refractivity contribution in [3.8, 4) is 5.75 Å². The molecule has 3 aromatic rings. The largest absolute Gasteiger partial charge is 0.489 e. The number of imidazole rings is 1. The SMILES string of the molecule is CC(O)CNc1nc2c(c(=O)n(C)c(=O)n2C)n1CC(O)COc1ccc(Cl)cc1Cl. The van der Waals surface area contributed by atoms with Crippen molar-refractivity contribution in [2.24, 2.45) is 14.1 Å². The second-order valence-electron chi connectivity index (χ2n) is 7.19. The van der Waals surface area contributed by atoms with Gasteiger partial charge in [-0.3, -0.25) is 13.9 Å². The number of nitrogens with one attached hydrogen (secondary N) is 1. The van der Waals surface area contributed by atoms with E-state index in [-0.39, 0.29) is 36.8 Å². The number of nitrogens with zero attached hydrogens (tertiary/aromatic N) is 4. The summed E-state index contributed by atoms with van der Waals surface area (Å²) in [4.78, 5) is 29.4. The molecular formula is C19H23Cl2N5O5. The Labute approximate surface area is 187 Å². The highest BCUT2D eigenvalue weighted by molar-refractivity contribution is 6.35. The summed E-state index contributed by atoms with van der Waals surface area (Å²) in [5, 5.41) is 23.9. The van der Waals surface area contributed by atoms with Crippen LogP contribution in [0.25, 0.3) is 11.2 Å². The number of aryl methyl sites for hydroxylation is 1. The molecule has 10 nitrogen and oxygen atoms in total. The van der Waals surface area contributed by atoms with E-state index in [0.29, 0.717) is 15.8 Å². The molecule has 3 N–H and O–H groups in total. The first-order chi connectivity index (χ1) is 14.6. The van der Waals surface area contributed by atoms with Crippen LogP contribution >= 0.6 is 23.2 Å². The number of fused-ring (bicyclic) bond motifs is 1. The van der Waals surface area contributed by atoms with Gasteiger partial charge in [0, 0.05) is 25.7 Å². The topological polar surface area (TPSA) is 124 Å². The molecule has 0 amide bonds. The second-order valence-corrected chi connectivity index (χ2v) is 8.04. The molecule has 2 aromatic heterocycles. The van der Waals surface area contributed by atoms with Crippen LogP contribution in [0.1, 0.15) is 6.92 Å². The summed E-state index contributed by atoms with van der Waals surface area (Å²) in [6.45, 7) is 1.57. The summed E-state index contributed by atoms with van der Waals surface area (Å²) < 4.78 is 9.26. The van der Waals surface area contributed by atoms with Crippen molar-refractivity contribution in [2.45, 2.75) is 25.7 Å². The number of hydrogen-bond acceptors (Lipinski definition) is 7. The summed E-state index contributed by atoms with van der Waals surface area (Å²) in [6, 6.07) is 4.72. The summed E-state index contributed by atoms with van der Waals surface area (Å²) >= 11 is 12.0. The number of anilines is 1. The fraction of sp³-hybridized carbons (Fsp3) is 0.421. The number of hydrogen-bond donors (Lipinski definition) is 3. The van der Waals surface area contributed by atoms with Crippen LogP contribution in [0.15, 0.2) is 27.8 Å². The van der Waals surface area contributed by atoms with E-state index < -0.39 is 23.5 Å². The fourth-order valence-electron chi connectivity index (χ4n) is 3.04. The third-order valence-electron chi connectivity index (χ3n) is 4.62. The number of rotatable bonds is 8. The first-order valence-corrected chi connectivity index (χ1v) is 10.2. The molecule has 0 radical (unpaired) electrons. The van der Waals surface area contributed by atoms with Gasteiger partial charge in [-0.15, -0.1) is 0 Å². The predicted octanol–water partition coefficient (Wildman–Crippen LogP) is 0.973. The third kappa shape index (κ3) is 4.87. The molecular weight excluding hydrogens is 449 g/mol. The molecule has 0 aliphatic carbocycles. The van der Waals surface area contributed by atoms with Gasteiger partial charge in [0.1, 0.15) is 18.5 Å². The highest BCUT2D eigenvalue weighted by Gasteiger charge is 2.21. The molecule has 31 heavy (non-hydrogen) atoms. The number of ether oxygens (including phenoxy) is 1. The maximum atomic E-state index is 12.8. The Morgan fingerprint density at radius 3 is 2.55 bits per heavy atom. The smallest absolute Gasteiger partial charge is 0.332 e. The van der Waals surface area contributed by atoms with E-state index in [4.69, 9.17) is 27.9 Å². The lowest BCUT2D eigenvalue weighted by atomic mass is 10.3. The molecule has 0 fully saturated rings. The summed E-state index contributed by atoms with van der Waals surface area (Å²) in [6.07, 6.45) is -1.72. The number of benzene rings is 1. The van der Waals surface area contributed by atoms with E-state index in [9.17, 15) is 19.8 Å². The van der Waals surface area contributed by atoms with Crippen LogP contribution in [0.2, 0.25) is 10.0 Å². The first-order valence-electron chi connectivity index (χ1n) is 9.44. The van der Waals surface area contributed by atoms with Gasteiger partial charge in [-0.05, 0) is 25.1 Å². The number of halogens is 2. The van der Waals surface area contributed by atoms with Crippen molar-refractivity contribution in [3.63, 3.8) is 0 Å². The molecule has 0 saturated carbocycles. The van der Waals surface area contributed by atoms with E-state index in [2.05, 4.69) is 10.3 Å². The zero-order valence-corrected chi connectivity index (χ0v) is 18.7. The monoisotopic (exact) mass is 471 g/mol. The minimum Gasteiger partial charge on any atom is -0.489 e. The van der Waals surface area contributed by atoms with E-state index in [1.165, 1.54) is 29.3 Å². The molecule has 2 unspecified atom stereocenters. The molecule has 2 atom stereocenters. The lowest BCUT2D eigenvalue weighted by molar-refractivity contribution is 0.0938. The molecule has 0 aliphatic heterocycles. The van der Waals surface area contributed by atoms with Crippen LogP contribution in [0.3, 0.4) is 0 Å². The minimum absolute atomic E-state index is 0.0582. The van der Waals surface area contributed by atoms with Gasteiger partial charge in [-0.25, -0.2) is 4.79 Å². The van der Waals surface area contributed by atoms with Crippen LogP contribution in [0.5, 0.6) is 5.75 Å². The van der Waals surface area contributed by atoms with Gasteiger partial charge in [-0.2, -0.15) is 4.98 Å². The third-order valence-corrected chi connectivity index (χ3v) is 5.15. The quantitative estimate of drug-likeness (QED) is 0.447. The van der Waals surface area contributed by atoms with Gasteiger partial charge in [0.25, 0.3) is 5.56 Å². The van der Waals surface area contributed by atoms with Gasteiger partial charge in [0.2, 0.25) is 5.95 Å². The van der Waals surface area contributed by atoms with Gasteiger partial charge in [0.15, 0.2) is 11.2 Å². The van der Waals surface area contributed by atoms with E-state index in [0.717, 1.165) is 4.57 Å². The molecule has 0 spiro atoms. The Bertz CT molecular complexity index is 1220. The zero-order chi connectivity index (χ0) is 22.9. The average Bonchev–Trinajstić information content (AvgIpc) is 3.06. The van der Waals surface area contributed by atoms with E-state index >= 15 is 0 Å². The highest BCUT2D eigenvalue weighted by Crippen LogP contribution is 2.27. The van der Waals surface area contributed by atoms with Crippen LogP contribution in [0, 0.1) is 0 Å². The van der Waals surface area contributed by atoms with Crippen molar-refractivity contribution < 1.29 is 14.9 Å². The van der Waals surface area contributed by atoms with Crippen molar-refractivity contribution in [1.82, 2.24) is 18.7 Å². The molecule has 2 heterocycles. The fourth-order valence-corrected chi connectivity index (χ4v) is 3.50. The average molecular weight is 472 g/mol. The summed E-state index contributed by atoms with van der Waals surface area (Å²) in [7, 11) is 2.87. The predicted molar refractivity (Wildman–Crippen MR) is 118 cm³/mol.